The highest BCUT2D eigenvalue weighted by molar-refractivity contribution is 9.10. The van der Waals surface area contributed by atoms with Crippen LogP contribution in [0.4, 0.5) is 0 Å². The van der Waals surface area contributed by atoms with Crippen LogP contribution < -0.4 is 4.74 Å². The van der Waals surface area contributed by atoms with E-state index in [9.17, 15) is 9.59 Å². The summed E-state index contributed by atoms with van der Waals surface area (Å²) in [5.74, 6) is -0.710. The first-order chi connectivity index (χ1) is 8.92. The quantitative estimate of drug-likeness (QED) is 0.472. The molecule has 0 radical (unpaired) electrons. The van der Waals surface area contributed by atoms with Gasteiger partial charge in [0.1, 0.15) is 5.75 Å². The lowest BCUT2D eigenvalue weighted by molar-refractivity contribution is -0.137. The van der Waals surface area contributed by atoms with Gasteiger partial charge in [-0.15, -0.1) is 0 Å². The van der Waals surface area contributed by atoms with Gasteiger partial charge in [-0.3, -0.25) is 4.79 Å². The number of esters is 1. The third-order valence-electron chi connectivity index (χ3n) is 2.61. The maximum atomic E-state index is 11.9. The normalized spacial score (nSPS) is 10.4. The Balaban J connectivity index is 3.22. The molecule has 0 bridgehead atoms. The number of ketones is 1. The third kappa shape index (κ3) is 3.56. The molecule has 5 heteroatoms. The van der Waals surface area contributed by atoms with Gasteiger partial charge in [-0.05, 0) is 25.0 Å². The van der Waals surface area contributed by atoms with Gasteiger partial charge in [-0.2, -0.15) is 0 Å². The molecule has 0 heterocycles. The van der Waals surface area contributed by atoms with Crippen LogP contribution >= 0.6 is 15.9 Å². The number of hydrogen-bond donors (Lipinski definition) is 0. The van der Waals surface area contributed by atoms with Crippen molar-refractivity contribution in [1.82, 2.24) is 0 Å². The Morgan fingerprint density at radius 1 is 1.32 bits per heavy atom. The van der Waals surface area contributed by atoms with Crippen LogP contribution in [-0.4, -0.2) is 25.5 Å². The van der Waals surface area contributed by atoms with Crippen LogP contribution in [0.3, 0.4) is 0 Å². The highest BCUT2D eigenvalue weighted by atomic mass is 79.9. The maximum Gasteiger partial charge on any atom is 0.379 e. The second-order valence-electron chi connectivity index (χ2n) is 4.28. The number of ether oxygens (including phenoxy) is 2. The molecular weight excluding hydrogens is 312 g/mol. The minimum atomic E-state index is -0.853. The van der Waals surface area contributed by atoms with Crippen LogP contribution in [0.5, 0.6) is 5.75 Å². The molecule has 0 atom stereocenters. The van der Waals surface area contributed by atoms with Crippen LogP contribution in [-0.2, 0) is 9.53 Å². The van der Waals surface area contributed by atoms with E-state index in [1.54, 1.807) is 19.1 Å². The molecule has 0 spiro atoms. The van der Waals surface area contributed by atoms with Crippen LogP contribution in [0, 0.1) is 0 Å². The van der Waals surface area contributed by atoms with E-state index in [2.05, 4.69) is 15.9 Å². The summed E-state index contributed by atoms with van der Waals surface area (Å²) in [7, 11) is 1.53. The fraction of sp³-hybridized carbons (Fsp3) is 0.429. The number of methoxy groups -OCH3 is 1. The number of rotatable bonds is 5. The summed E-state index contributed by atoms with van der Waals surface area (Å²) in [5, 5.41) is 0. The Hall–Kier alpha value is -1.36. The first-order valence-corrected chi connectivity index (χ1v) is 6.80. The van der Waals surface area contributed by atoms with E-state index in [1.165, 1.54) is 7.11 Å². The van der Waals surface area contributed by atoms with E-state index in [1.807, 2.05) is 13.8 Å². The Morgan fingerprint density at radius 3 is 2.42 bits per heavy atom. The lowest BCUT2D eigenvalue weighted by atomic mass is 9.99. The molecule has 0 saturated carbocycles. The summed E-state index contributed by atoms with van der Waals surface area (Å²) in [4.78, 5) is 23.3. The molecule has 1 aromatic carbocycles. The van der Waals surface area contributed by atoms with Gasteiger partial charge in [0.05, 0.1) is 13.7 Å². The van der Waals surface area contributed by atoms with Gasteiger partial charge in [0.2, 0.25) is 0 Å². The molecule has 0 fully saturated rings. The van der Waals surface area contributed by atoms with E-state index >= 15 is 0 Å². The molecule has 4 nitrogen and oxygen atoms in total. The summed E-state index contributed by atoms with van der Waals surface area (Å²) in [6.07, 6.45) is 0. The average Bonchev–Trinajstić information content (AvgIpc) is 2.36. The second-order valence-corrected chi connectivity index (χ2v) is 5.13. The van der Waals surface area contributed by atoms with Gasteiger partial charge in [0.25, 0.3) is 5.78 Å². The average molecular weight is 329 g/mol. The van der Waals surface area contributed by atoms with Crippen molar-refractivity contribution >= 4 is 27.7 Å². The highest BCUT2D eigenvalue weighted by Crippen LogP contribution is 2.34. The van der Waals surface area contributed by atoms with Crippen LogP contribution in [0.2, 0.25) is 0 Å². The van der Waals surface area contributed by atoms with E-state index in [0.29, 0.717) is 5.75 Å². The first kappa shape index (κ1) is 15.7. The van der Waals surface area contributed by atoms with Crippen LogP contribution in [0.15, 0.2) is 16.6 Å². The zero-order valence-corrected chi connectivity index (χ0v) is 13.0. The third-order valence-corrected chi connectivity index (χ3v) is 3.27. The Kier molecular flexibility index (Phi) is 5.54. The minimum Gasteiger partial charge on any atom is -0.496 e. The van der Waals surface area contributed by atoms with Crippen molar-refractivity contribution in [3.8, 4) is 5.75 Å². The van der Waals surface area contributed by atoms with Crippen LogP contribution in [0.25, 0.3) is 0 Å². The van der Waals surface area contributed by atoms with Crippen molar-refractivity contribution in [3.05, 3.63) is 27.7 Å². The van der Waals surface area contributed by atoms with Gasteiger partial charge in [0, 0.05) is 15.6 Å². The topological polar surface area (TPSA) is 52.6 Å². The van der Waals surface area contributed by atoms with E-state index in [0.717, 1.165) is 10.0 Å². The second kappa shape index (κ2) is 6.70. The number of benzene rings is 1. The summed E-state index contributed by atoms with van der Waals surface area (Å²) in [6, 6.07) is 3.19. The summed E-state index contributed by atoms with van der Waals surface area (Å²) in [6.45, 7) is 5.88. The van der Waals surface area contributed by atoms with Gasteiger partial charge in [0.15, 0.2) is 0 Å². The lowest BCUT2D eigenvalue weighted by Gasteiger charge is -2.15. The smallest absolute Gasteiger partial charge is 0.379 e. The van der Waals surface area contributed by atoms with Crippen LogP contribution in [0.1, 0.15) is 42.6 Å². The number of halogens is 1. The molecule has 1 aromatic rings. The van der Waals surface area contributed by atoms with Crippen molar-refractivity contribution in [2.75, 3.05) is 13.7 Å². The van der Waals surface area contributed by atoms with Gasteiger partial charge in [-0.1, -0.05) is 29.8 Å². The molecule has 0 aromatic heterocycles. The fourth-order valence-corrected chi connectivity index (χ4v) is 2.67. The molecule has 1 rings (SSSR count). The van der Waals surface area contributed by atoms with Crippen molar-refractivity contribution in [3.63, 3.8) is 0 Å². The van der Waals surface area contributed by atoms with Crippen molar-refractivity contribution in [2.24, 2.45) is 0 Å². The SMILES string of the molecule is CCOC(=O)C(=O)c1cc(Br)c(C(C)C)c(OC)c1. The number of carbonyl (C=O) groups excluding carboxylic acids is 2. The Labute approximate surface area is 121 Å². The largest absolute Gasteiger partial charge is 0.496 e. The highest BCUT2D eigenvalue weighted by Gasteiger charge is 2.21. The number of carbonyl (C=O) groups is 2. The maximum absolute atomic E-state index is 11.9. The predicted octanol–water partition coefficient (Wildman–Crippen LogP) is 3.33. The lowest BCUT2D eigenvalue weighted by Crippen LogP contribution is -2.18. The standard InChI is InChI=1S/C14H17BrO4/c1-5-19-14(17)13(16)9-6-10(15)12(8(2)3)11(7-9)18-4/h6-8H,5H2,1-4H3. The molecule has 0 amide bonds. The monoisotopic (exact) mass is 328 g/mol. The summed E-state index contributed by atoms with van der Waals surface area (Å²) in [5.41, 5.74) is 1.22. The summed E-state index contributed by atoms with van der Waals surface area (Å²) >= 11 is 3.41. The molecule has 19 heavy (non-hydrogen) atoms. The first-order valence-electron chi connectivity index (χ1n) is 6.01. The summed E-state index contributed by atoms with van der Waals surface area (Å²) < 4.78 is 10.7. The number of Topliss-reactive ketones (excluding diaryl/α,β-unsaturated/α-hetero) is 1. The van der Waals surface area contributed by atoms with E-state index in [4.69, 9.17) is 9.47 Å². The Morgan fingerprint density at radius 2 is 1.95 bits per heavy atom. The zero-order chi connectivity index (χ0) is 14.6. The number of hydrogen-bond acceptors (Lipinski definition) is 4. The van der Waals surface area contributed by atoms with E-state index in [-0.39, 0.29) is 18.1 Å². The molecule has 0 aliphatic carbocycles. The molecule has 0 saturated heterocycles. The van der Waals surface area contributed by atoms with Gasteiger partial charge < -0.3 is 9.47 Å². The van der Waals surface area contributed by atoms with Crippen molar-refractivity contribution in [2.45, 2.75) is 26.7 Å². The minimum absolute atomic E-state index is 0.174. The molecule has 0 aliphatic heterocycles. The predicted molar refractivity (Wildman–Crippen MR) is 75.7 cm³/mol. The zero-order valence-electron chi connectivity index (χ0n) is 11.5. The van der Waals surface area contributed by atoms with Gasteiger partial charge >= 0.3 is 5.97 Å². The fourth-order valence-electron chi connectivity index (χ4n) is 1.77. The van der Waals surface area contributed by atoms with Crippen molar-refractivity contribution < 1.29 is 19.1 Å². The van der Waals surface area contributed by atoms with E-state index < -0.39 is 11.8 Å². The van der Waals surface area contributed by atoms with Gasteiger partial charge in [-0.25, -0.2) is 4.79 Å². The molecule has 104 valence electrons. The molecule has 0 unspecified atom stereocenters. The molecule has 0 N–H and O–H groups in total. The Bertz CT molecular complexity index is 494. The van der Waals surface area contributed by atoms with Crippen molar-refractivity contribution in [1.29, 1.82) is 0 Å². The molecule has 0 aliphatic rings. The molecular formula is C14H17BrO4.